The van der Waals surface area contributed by atoms with Crippen LogP contribution < -0.4 is 0 Å². The first-order chi connectivity index (χ1) is 10.7. The van der Waals surface area contributed by atoms with Crippen molar-refractivity contribution in [3.05, 3.63) is 60.2 Å². The summed E-state index contributed by atoms with van der Waals surface area (Å²) < 4.78 is 0. The first kappa shape index (κ1) is 14.8. The molecule has 3 rings (SSSR count). The molecule has 0 bridgehead atoms. The zero-order valence-electron chi connectivity index (χ0n) is 13.0. The van der Waals surface area contributed by atoms with E-state index in [1.807, 2.05) is 47.4 Å². The highest BCUT2D eigenvalue weighted by Crippen LogP contribution is 2.20. The van der Waals surface area contributed by atoms with Gasteiger partial charge in [0.15, 0.2) is 0 Å². The van der Waals surface area contributed by atoms with E-state index in [0.29, 0.717) is 0 Å². The quantitative estimate of drug-likeness (QED) is 0.849. The maximum atomic E-state index is 12.6. The number of amides is 1. The van der Waals surface area contributed by atoms with Crippen molar-refractivity contribution in [3.8, 4) is 11.1 Å². The Labute approximate surface area is 132 Å². The van der Waals surface area contributed by atoms with E-state index in [1.165, 1.54) is 5.56 Å². The fraction of sp³-hybridized carbons (Fsp3) is 0.316. The molecule has 0 unspecified atom stereocenters. The highest BCUT2D eigenvalue weighted by Gasteiger charge is 2.18. The van der Waals surface area contributed by atoms with Gasteiger partial charge in [-0.05, 0) is 43.3 Å². The fourth-order valence-electron chi connectivity index (χ4n) is 2.87. The molecule has 0 aliphatic carbocycles. The number of benzene rings is 2. The lowest BCUT2D eigenvalue weighted by molar-refractivity contribution is 0.0763. The number of carbonyl (C=O) groups excluding carboxylic acids is 1. The zero-order valence-corrected chi connectivity index (χ0v) is 13.0. The fourth-order valence-corrected chi connectivity index (χ4v) is 2.87. The van der Waals surface area contributed by atoms with Crippen molar-refractivity contribution in [1.29, 1.82) is 0 Å². The molecular formula is C19H22N2O. The van der Waals surface area contributed by atoms with Gasteiger partial charge in [-0.3, -0.25) is 4.79 Å². The minimum Gasteiger partial charge on any atom is -0.337 e. The van der Waals surface area contributed by atoms with Crippen molar-refractivity contribution in [2.45, 2.75) is 6.42 Å². The molecule has 0 N–H and O–H groups in total. The van der Waals surface area contributed by atoms with E-state index in [1.54, 1.807) is 0 Å². The van der Waals surface area contributed by atoms with Crippen LogP contribution in [0.2, 0.25) is 0 Å². The third-order valence-electron chi connectivity index (χ3n) is 4.25. The molecule has 1 heterocycles. The molecule has 1 fully saturated rings. The topological polar surface area (TPSA) is 23.6 Å². The summed E-state index contributed by atoms with van der Waals surface area (Å²) in [6.07, 6.45) is 1.05. The molecule has 2 aromatic rings. The largest absolute Gasteiger partial charge is 0.337 e. The molecule has 114 valence electrons. The number of nitrogens with zero attached hydrogens (tertiary/aromatic N) is 2. The van der Waals surface area contributed by atoms with Gasteiger partial charge in [0.25, 0.3) is 5.91 Å². The Hall–Kier alpha value is -2.13. The van der Waals surface area contributed by atoms with Crippen LogP contribution in [0.4, 0.5) is 0 Å². The normalized spacial score (nSPS) is 16.3. The molecule has 3 nitrogen and oxygen atoms in total. The van der Waals surface area contributed by atoms with Crippen molar-refractivity contribution in [2.24, 2.45) is 0 Å². The van der Waals surface area contributed by atoms with E-state index >= 15 is 0 Å². The second-order valence-corrected chi connectivity index (χ2v) is 5.89. The first-order valence-electron chi connectivity index (χ1n) is 7.87. The molecule has 1 aliphatic heterocycles. The Bertz CT molecular complexity index is 622. The smallest absolute Gasteiger partial charge is 0.253 e. The van der Waals surface area contributed by atoms with Gasteiger partial charge >= 0.3 is 0 Å². The molecule has 22 heavy (non-hydrogen) atoms. The molecule has 0 atom stereocenters. The van der Waals surface area contributed by atoms with Crippen molar-refractivity contribution >= 4 is 5.91 Å². The third kappa shape index (κ3) is 3.37. The van der Waals surface area contributed by atoms with Gasteiger partial charge in [-0.2, -0.15) is 0 Å². The second kappa shape index (κ2) is 6.75. The molecule has 0 aromatic heterocycles. The van der Waals surface area contributed by atoms with Crippen molar-refractivity contribution in [1.82, 2.24) is 9.80 Å². The summed E-state index contributed by atoms with van der Waals surface area (Å²) in [5.74, 6) is 0.148. The number of hydrogen-bond donors (Lipinski definition) is 0. The number of rotatable bonds is 2. The van der Waals surface area contributed by atoms with Crippen LogP contribution in [0.15, 0.2) is 54.6 Å². The van der Waals surface area contributed by atoms with Crippen molar-refractivity contribution in [2.75, 3.05) is 33.2 Å². The third-order valence-corrected chi connectivity index (χ3v) is 4.25. The van der Waals surface area contributed by atoms with Gasteiger partial charge in [0, 0.05) is 25.2 Å². The summed E-state index contributed by atoms with van der Waals surface area (Å²) in [4.78, 5) is 16.9. The SMILES string of the molecule is CN1CCCN(C(=O)c2ccc(-c3ccccc3)cc2)CC1. The van der Waals surface area contributed by atoms with Crippen molar-refractivity contribution in [3.63, 3.8) is 0 Å². The lowest BCUT2D eigenvalue weighted by Crippen LogP contribution is -2.34. The molecule has 3 heteroatoms. The van der Waals surface area contributed by atoms with Gasteiger partial charge in [-0.25, -0.2) is 0 Å². The van der Waals surface area contributed by atoms with Crippen LogP contribution in [0.1, 0.15) is 16.8 Å². The minimum atomic E-state index is 0.148. The summed E-state index contributed by atoms with van der Waals surface area (Å²) >= 11 is 0. The molecule has 1 saturated heterocycles. The molecular weight excluding hydrogens is 272 g/mol. The lowest BCUT2D eigenvalue weighted by Gasteiger charge is -2.20. The van der Waals surface area contributed by atoms with E-state index in [0.717, 1.165) is 43.7 Å². The first-order valence-corrected chi connectivity index (χ1v) is 7.87. The van der Waals surface area contributed by atoms with Gasteiger partial charge < -0.3 is 9.80 Å². The predicted octanol–water partition coefficient (Wildman–Crippen LogP) is 3.13. The summed E-state index contributed by atoms with van der Waals surface area (Å²) in [5.41, 5.74) is 3.11. The Morgan fingerprint density at radius 2 is 1.50 bits per heavy atom. The number of hydrogen-bond acceptors (Lipinski definition) is 2. The van der Waals surface area contributed by atoms with Crippen LogP contribution in [-0.2, 0) is 0 Å². The second-order valence-electron chi connectivity index (χ2n) is 5.89. The molecule has 1 aliphatic rings. The minimum absolute atomic E-state index is 0.148. The van der Waals surface area contributed by atoms with Gasteiger partial charge in [0.05, 0.1) is 0 Å². The molecule has 0 radical (unpaired) electrons. The van der Waals surface area contributed by atoms with Crippen LogP contribution in [-0.4, -0.2) is 48.9 Å². The molecule has 1 amide bonds. The standard InChI is InChI=1S/C19H22N2O/c1-20-12-5-13-21(15-14-20)19(22)18-10-8-17(9-11-18)16-6-3-2-4-7-16/h2-4,6-11H,5,12-15H2,1H3. The summed E-state index contributed by atoms with van der Waals surface area (Å²) in [5, 5.41) is 0. The Balaban J connectivity index is 1.73. The zero-order chi connectivity index (χ0) is 15.4. The van der Waals surface area contributed by atoms with Crippen LogP contribution >= 0.6 is 0 Å². The van der Waals surface area contributed by atoms with Gasteiger partial charge in [0.2, 0.25) is 0 Å². The maximum Gasteiger partial charge on any atom is 0.253 e. The maximum absolute atomic E-state index is 12.6. The molecule has 0 saturated carbocycles. The van der Waals surface area contributed by atoms with Crippen molar-refractivity contribution < 1.29 is 4.79 Å². The van der Waals surface area contributed by atoms with Crippen LogP contribution in [0.5, 0.6) is 0 Å². The van der Waals surface area contributed by atoms with E-state index in [-0.39, 0.29) is 5.91 Å². The Kier molecular flexibility index (Phi) is 4.54. The average molecular weight is 294 g/mol. The van der Waals surface area contributed by atoms with Gasteiger partial charge in [-0.15, -0.1) is 0 Å². The number of likely N-dealkylation sites (N-methyl/N-ethyl adjacent to an activating group) is 1. The predicted molar refractivity (Wildman–Crippen MR) is 89.9 cm³/mol. The van der Waals surface area contributed by atoms with Crippen LogP contribution in [0, 0.1) is 0 Å². The van der Waals surface area contributed by atoms with E-state index in [9.17, 15) is 4.79 Å². The molecule has 0 spiro atoms. The summed E-state index contributed by atoms with van der Waals surface area (Å²) in [7, 11) is 2.11. The van der Waals surface area contributed by atoms with Crippen LogP contribution in [0.3, 0.4) is 0 Å². The average Bonchev–Trinajstić information content (AvgIpc) is 2.80. The summed E-state index contributed by atoms with van der Waals surface area (Å²) in [6, 6.07) is 18.2. The van der Waals surface area contributed by atoms with E-state index < -0.39 is 0 Å². The van der Waals surface area contributed by atoms with Gasteiger partial charge in [0.1, 0.15) is 0 Å². The molecule has 2 aromatic carbocycles. The highest BCUT2D eigenvalue weighted by atomic mass is 16.2. The highest BCUT2D eigenvalue weighted by molar-refractivity contribution is 5.94. The van der Waals surface area contributed by atoms with Crippen LogP contribution in [0.25, 0.3) is 11.1 Å². The summed E-state index contributed by atoms with van der Waals surface area (Å²) in [6.45, 7) is 3.68. The lowest BCUT2D eigenvalue weighted by atomic mass is 10.0. The number of carbonyl (C=O) groups is 1. The monoisotopic (exact) mass is 294 g/mol. The Morgan fingerprint density at radius 3 is 2.23 bits per heavy atom. The van der Waals surface area contributed by atoms with Gasteiger partial charge in [-0.1, -0.05) is 42.5 Å². The van der Waals surface area contributed by atoms with E-state index in [2.05, 4.69) is 24.1 Å². The Morgan fingerprint density at radius 1 is 0.818 bits per heavy atom. The van der Waals surface area contributed by atoms with E-state index in [4.69, 9.17) is 0 Å².